The van der Waals surface area contributed by atoms with Crippen molar-refractivity contribution in [1.29, 1.82) is 0 Å². The van der Waals surface area contributed by atoms with E-state index in [1.165, 1.54) is 32.0 Å². The molecule has 1 aromatic carbocycles. The molecule has 0 radical (unpaired) electrons. The number of hydrogen-bond acceptors (Lipinski definition) is 3. The van der Waals surface area contributed by atoms with Crippen LogP contribution < -0.4 is 10.6 Å². The largest absolute Gasteiger partial charge is 0.375 e. The first kappa shape index (κ1) is 12.6. The van der Waals surface area contributed by atoms with Crippen LogP contribution >= 0.6 is 0 Å². The first-order chi connectivity index (χ1) is 7.36. The quantitative estimate of drug-likeness (QED) is 0.798. The standard InChI is InChI=1S/C11H14F2N2O/c1-6(14)11(16)7-4-5-8(12)9(13)10(7)15(2)3/h4-6H,14H2,1-3H3. The molecule has 1 rings (SSSR count). The number of Topliss-reactive ketones (excluding diaryl/α,β-unsaturated/α-hetero) is 1. The fraction of sp³-hybridized carbons (Fsp3) is 0.364. The van der Waals surface area contributed by atoms with Crippen molar-refractivity contribution in [3.05, 3.63) is 29.3 Å². The second kappa shape index (κ2) is 4.57. The average molecular weight is 228 g/mol. The summed E-state index contributed by atoms with van der Waals surface area (Å²) in [6, 6.07) is 1.43. The molecule has 0 spiro atoms. The molecule has 88 valence electrons. The number of ketones is 1. The van der Waals surface area contributed by atoms with Crippen LogP contribution in [0.25, 0.3) is 0 Å². The van der Waals surface area contributed by atoms with E-state index in [4.69, 9.17) is 5.73 Å². The highest BCUT2D eigenvalue weighted by Crippen LogP contribution is 2.25. The second-order valence-electron chi connectivity index (χ2n) is 3.80. The lowest BCUT2D eigenvalue weighted by atomic mass is 10.0. The van der Waals surface area contributed by atoms with Gasteiger partial charge in [0.05, 0.1) is 11.7 Å². The Morgan fingerprint density at radius 2 is 1.94 bits per heavy atom. The monoisotopic (exact) mass is 228 g/mol. The lowest BCUT2D eigenvalue weighted by Crippen LogP contribution is -2.29. The van der Waals surface area contributed by atoms with E-state index < -0.39 is 23.5 Å². The molecule has 1 atom stereocenters. The molecule has 2 N–H and O–H groups in total. The van der Waals surface area contributed by atoms with Crippen molar-refractivity contribution in [1.82, 2.24) is 0 Å². The Morgan fingerprint density at radius 1 is 1.38 bits per heavy atom. The molecule has 16 heavy (non-hydrogen) atoms. The Balaban J connectivity index is 3.40. The topological polar surface area (TPSA) is 46.3 Å². The van der Waals surface area contributed by atoms with Gasteiger partial charge < -0.3 is 10.6 Å². The van der Waals surface area contributed by atoms with Crippen LogP contribution in [0.2, 0.25) is 0 Å². The van der Waals surface area contributed by atoms with Crippen LogP contribution in [-0.4, -0.2) is 25.9 Å². The Bertz CT molecular complexity index is 417. The Kier molecular flexibility index (Phi) is 3.59. The fourth-order valence-corrected chi connectivity index (χ4v) is 1.42. The summed E-state index contributed by atoms with van der Waals surface area (Å²) in [6.45, 7) is 1.50. The molecule has 0 aliphatic rings. The third-order valence-electron chi connectivity index (χ3n) is 2.20. The van der Waals surface area contributed by atoms with E-state index in [1.54, 1.807) is 0 Å². The molecule has 0 bridgehead atoms. The maximum absolute atomic E-state index is 13.5. The van der Waals surface area contributed by atoms with Crippen molar-refractivity contribution in [3.8, 4) is 0 Å². The number of carbonyl (C=O) groups excluding carboxylic acids is 1. The highest BCUT2D eigenvalue weighted by atomic mass is 19.2. The zero-order valence-electron chi connectivity index (χ0n) is 9.42. The lowest BCUT2D eigenvalue weighted by Gasteiger charge is -2.18. The molecular weight excluding hydrogens is 214 g/mol. The number of rotatable bonds is 3. The van der Waals surface area contributed by atoms with Crippen molar-refractivity contribution in [2.24, 2.45) is 5.73 Å². The summed E-state index contributed by atoms with van der Waals surface area (Å²) in [4.78, 5) is 13.0. The van der Waals surface area contributed by atoms with E-state index in [2.05, 4.69) is 0 Å². The van der Waals surface area contributed by atoms with Gasteiger partial charge in [0, 0.05) is 19.7 Å². The van der Waals surface area contributed by atoms with Crippen LogP contribution in [0.5, 0.6) is 0 Å². The van der Waals surface area contributed by atoms with Crippen molar-refractivity contribution >= 4 is 11.5 Å². The summed E-state index contributed by atoms with van der Waals surface area (Å²) in [7, 11) is 3.08. The molecule has 0 aliphatic carbocycles. The van der Waals surface area contributed by atoms with Gasteiger partial charge in [0.1, 0.15) is 0 Å². The molecule has 0 fully saturated rings. The number of hydrogen-bond donors (Lipinski definition) is 1. The first-order valence-corrected chi connectivity index (χ1v) is 4.81. The molecule has 1 unspecified atom stereocenters. The highest BCUT2D eigenvalue weighted by molar-refractivity contribution is 6.04. The van der Waals surface area contributed by atoms with E-state index in [0.717, 1.165) is 6.07 Å². The Labute approximate surface area is 92.8 Å². The SMILES string of the molecule is CC(N)C(=O)c1ccc(F)c(F)c1N(C)C. The van der Waals surface area contributed by atoms with Crippen molar-refractivity contribution < 1.29 is 13.6 Å². The van der Waals surface area contributed by atoms with Crippen molar-refractivity contribution in [3.63, 3.8) is 0 Å². The Hall–Kier alpha value is -1.49. The molecule has 1 aromatic rings. The van der Waals surface area contributed by atoms with Gasteiger partial charge in [0.25, 0.3) is 0 Å². The van der Waals surface area contributed by atoms with Crippen LogP contribution in [0.3, 0.4) is 0 Å². The number of nitrogens with zero attached hydrogens (tertiary/aromatic N) is 1. The van der Waals surface area contributed by atoms with Crippen LogP contribution in [0.1, 0.15) is 17.3 Å². The zero-order chi connectivity index (χ0) is 12.5. The molecule has 0 amide bonds. The molecule has 0 aromatic heterocycles. The maximum atomic E-state index is 13.5. The molecule has 0 saturated carbocycles. The van der Waals surface area contributed by atoms with Gasteiger partial charge >= 0.3 is 0 Å². The van der Waals surface area contributed by atoms with Gasteiger partial charge in [-0.3, -0.25) is 4.79 Å². The first-order valence-electron chi connectivity index (χ1n) is 4.81. The predicted octanol–water partition coefficient (Wildman–Crippen LogP) is 1.56. The molecule has 0 aliphatic heterocycles. The fourth-order valence-electron chi connectivity index (χ4n) is 1.42. The van der Waals surface area contributed by atoms with Crippen LogP contribution in [0.4, 0.5) is 14.5 Å². The van der Waals surface area contributed by atoms with Gasteiger partial charge in [-0.1, -0.05) is 0 Å². The Morgan fingerprint density at radius 3 is 2.38 bits per heavy atom. The van der Waals surface area contributed by atoms with Gasteiger partial charge in [-0.15, -0.1) is 0 Å². The smallest absolute Gasteiger partial charge is 0.182 e. The molecular formula is C11H14F2N2O. The summed E-state index contributed by atoms with van der Waals surface area (Å²) in [6.07, 6.45) is 0. The van der Waals surface area contributed by atoms with Crippen LogP contribution in [0.15, 0.2) is 12.1 Å². The van der Waals surface area contributed by atoms with Crippen molar-refractivity contribution in [2.75, 3.05) is 19.0 Å². The van der Waals surface area contributed by atoms with E-state index in [9.17, 15) is 13.6 Å². The number of carbonyl (C=O) groups is 1. The highest BCUT2D eigenvalue weighted by Gasteiger charge is 2.21. The predicted molar refractivity (Wildman–Crippen MR) is 58.7 cm³/mol. The van der Waals surface area contributed by atoms with E-state index in [-0.39, 0.29) is 11.3 Å². The van der Waals surface area contributed by atoms with Crippen LogP contribution in [-0.2, 0) is 0 Å². The van der Waals surface area contributed by atoms with E-state index in [1.807, 2.05) is 0 Å². The zero-order valence-corrected chi connectivity index (χ0v) is 9.42. The minimum Gasteiger partial charge on any atom is -0.375 e. The molecule has 0 heterocycles. The molecule has 5 heteroatoms. The number of halogens is 2. The number of anilines is 1. The van der Waals surface area contributed by atoms with E-state index >= 15 is 0 Å². The second-order valence-corrected chi connectivity index (χ2v) is 3.80. The minimum absolute atomic E-state index is 0.0673. The minimum atomic E-state index is -1.03. The van der Waals surface area contributed by atoms with E-state index in [0.29, 0.717) is 0 Å². The summed E-state index contributed by atoms with van der Waals surface area (Å²) in [5, 5.41) is 0. The lowest BCUT2D eigenvalue weighted by molar-refractivity contribution is 0.0968. The number of nitrogens with two attached hydrogens (primary N) is 1. The van der Waals surface area contributed by atoms with Gasteiger partial charge in [0.2, 0.25) is 0 Å². The summed E-state index contributed by atoms with van der Waals surface area (Å²) in [5.74, 6) is -2.43. The third kappa shape index (κ3) is 2.19. The van der Waals surface area contributed by atoms with Gasteiger partial charge in [-0.05, 0) is 19.1 Å². The summed E-state index contributed by atoms with van der Waals surface area (Å²) in [5.41, 5.74) is 5.47. The van der Waals surface area contributed by atoms with Crippen molar-refractivity contribution in [2.45, 2.75) is 13.0 Å². The molecule has 0 saturated heterocycles. The number of benzene rings is 1. The molecule has 3 nitrogen and oxygen atoms in total. The van der Waals surface area contributed by atoms with Crippen LogP contribution in [0, 0.1) is 11.6 Å². The van der Waals surface area contributed by atoms with Gasteiger partial charge in [-0.25, -0.2) is 8.78 Å². The summed E-state index contributed by atoms with van der Waals surface area (Å²) >= 11 is 0. The van der Waals surface area contributed by atoms with Gasteiger partial charge in [0.15, 0.2) is 17.4 Å². The van der Waals surface area contributed by atoms with Gasteiger partial charge in [-0.2, -0.15) is 0 Å². The maximum Gasteiger partial charge on any atom is 0.182 e. The summed E-state index contributed by atoms with van der Waals surface area (Å²) < 4.78 is 26.6. The third-order valence-corrected chi connectivity index (χ3v) is 2.20. The average Bonchev–Trinajstić information content (AvgIpc) is 2.20. The normalized spacial score (nSPS) is 12.4.